The molecule has 1 rings (SSSR count). The summed E-state index contributed by atoms with van der Waals surface area (Å²) in [5, 5.41) is 28.5. The lowest BCUT2D eigenvalue weighted by Gasteiger charge is -2.18. The van der Waals surface area contributed by atoms with Gasteiger partial charge in [0.1, 0.15) is 11.9 Å². The number of aliphatic hydroxyl groups excluding tert-OH is 3. The third-order valence-electron chi connectivity index (χ3n) is 2.60. The first kappa shape index (κ1) is 14.4. The molecule has 0 heterocycles. The number of benzene rings is 1. The van der Waals surface area contributed by atoms with Crippen LogP contribution in [0.4, 0.5) is 0 Å². The molecule has 1 amide bonds. The first-order chi connectivity index (χ1) is 8.49. The molecule has 5 N–H and O–H groups in total. The van der Waals surface area contributed by atoms with Crippen LogP contribution in [0.1, 0.15) is 23.7 Å². The molecule has 0 bridgehead atoms. The van der Waals surface area contributed by atoms with E-state index in [1.807, 2.05) is 0 Å². The number of aliphatic hydroxyl groups is 3. The molecular formula is C12H17NO5. The monoisotopic (exact) mass is 255 g/mol. The van der Waals surface area contributed by atoms with Crippen molar-refractivity contribution >= 4 is 5.91 Å². The van der Waals surface area contributed by atoms with E-state index < -0.39 is 18.1 Å². The highest BCUT2D eigenvalue weighted by molar-refractivity contribution is 5.74. The Labute approximate surface area is 105 Å². The molecule has 0 fully saturated rings. The summed E-state index contributed by atoms with van der Waals surface area (Å²) >= 11 is 0. The van der Waals surface area contributed by atoms with Crippen LogP contribution >= 0.6 is 0 Å². The van der Waals surface area contributed by atoms with Crippen LogP contribution in [0.25, 0.3) is 0 Å². The summed E-state index contributed by atoms with van der Waals surface area (Å²) in [6.07, 6.45) is -2.84. The highest BCUT2D eigenvalue weighted by atomic mass is 16.5. The van der Waals surface area contributed by atoms with Gasteiger partial charge in [-0.05, 0) is 11.6 Å². The predicted octanol–water partition coefficient (Wildman–Crippen LogP) is -0.543. The number of carbonyl (C=O) groups is 1. The lowest BCUT2D eigenvalue weighted by Crippen LogP contribution is -2.25. The minimum Gasteiger partial charge on any atom is -0.496 e. The maximum absolute atomic E-state index is 10.7. The number of rotatable bonds is 6. The van der Waals surface area contributed by atoms with Gasteiger partial charge in [0.2, 0.25) is 5.91 Å². The van der Waals surface area contributed by atoms with Crippen molar-refractivity contribution in [2.45, 2.75) is 25.2 Å². The minimum atomic E-state index is -1.27. The highest BCUT2D eigenvalue weighted by Gasteiger charge is 2.21. The molecule has 0 aliphatic rings. The maximum atomic E-state index is 10.7. The normalized spacial score (nSPS) is 14.0. The Morgan fingerprint density at radius 3 is 2.61 bits per heavy atom. The van der Waals surface area contributed by atoms with E-state index in [2.05, 4.69) is 0 Å². The van der Waals surface area contributed by atoms with Crippen LogP contribution in [-0.4, -0.2) is 34.4 Å². The number of ether oxygens (including phenoxy) is 1. The molecule has 0 aliphatic carbocycles. The molecule has 0 radical (unpaired) electrons. The molecule has 0 saturated heterocycles. The van der Waals surface area contributed by atoms with Gasteiger partial charge in [0, 0.05) is 5.56 Å². The zero-order valence-corrected chi connectivity index (χ0v) is 10.0. The first-order valence-electron chi connectivity index (χ1n) is 5.41. The van der Waals surface area contributed by atoms with Gasteiger partial charge in [-0.2, -0.15) is 0 Å². The molecule has 2 atom stereocenters. The second-order valence-electron chi connectivity index (χ2n) is 3.91. The largest absolute Gasteiger partial charge is 0.496 e. The van der Waals surface area contributed by atoms with Gasteiger partial charge in [-0.25, -0.2) is 0 Å². The van der Waals surface area contributed by atoms with Crippen LogP contribution in [-0.2, 0) is 11.4 Å². The lowest BCUT2D eigenvalue weighted by molar-refractivity contribution is -0.121. The van der Waals surface area contributed by atoms with Crippen LogP contribution in [0.5, 0.6) is 5.75 Å². The van der Waals surface area contributed by atoms with Crippen molar-refractivity contribution in [2.24, 2.45) is 5.73 Å². The zero-order chi connectivity index (χ0) is 13.7. The van der Waals surface area contributed by atoms with Crippen molar-refractivity contribution in [1.29, 1.82) is 0 Å². The van der Waals surface area contributed by atoms with E-state index >= 15 is 0 Å². The highest BCUT2D eigenvalue weighted by Crippen LogP contribution is 2.26. The summed E-state index contributed by atoms with van der Waals surface area (Å²) in [7, 11) is 1.44. The lowest BCUT2D eigenvalue weighted by atomic mass is 10.00. The summed E-state index contributed by atoms with van der Waals surface area (Å²) in [6.45, 7) is -0.191. The van der Waals surface area contributed by atoms with Crippen LogP contribution in [0.15, 0.2) is 18.2 Å². The zero-order valence-electron chi connectivity index (χ0n) is 10.0. The molecule has 1 aromatic carbocycles. The molecule has 0 saturated carbocycles. The van der Waals surface area contributed by atoms with Crippen molar-refractivity contribution in [3.63, 3.8) is 0 Å². The summed E-state index contributed by atoms with van der Waals surface area (Å²) in [5.74, 6) is -0.291. The molecule has 2 unspecified atom stereocenters. The predicted molar refractivity (Wildman–Crippen MR) is 63.7 cm³/mol. The van der Waals surface area contributed by atoms with Crippen LogP contribution < -0.4 is 10.5 Å². The number of hydrogen-bond acceptors (Lipinski definition) is 5. The Hall–Kier alpha value is -1.63. The van der Waals surface area contributed by atoms with Crippen molar-refractivity contribution in [1.82, 2.24) is 0 Å². The molecule has 0 spiro atoms. The van der Waals surface area contributed by atoms with Gasteiger partial charge in [0.15, 0.2) is 0 Å². The van der Waals surface area contributed by atoms with Gasteiger partial charge in [-0.15, -0.1) is 0 Å². The fraction of sp³-hybridized carbons (Fsp3) is 0.417. The molecule has 6 heteroatoms. The van der Waals surface area contributed by atoms with E-state index in [1.54, 1.807) is 12.1 Å². The number of nitrogens with two attached hydrogens (primary N) is 1. The molecule has 6 nitrogen and oxygen atoms in total. The Morgan fingerprint density at radius 1 is 1.44 bits per heavy atom. The van der Waals surface area contributed by atoms with E-state index in [4.69, 9.17) is 15.6 Å². The summed E-state index contributed by atoms with van der Waals surface area (Å²) in [4.78, 5) is 10.7. The van der Waals surface area contributed by atoms with Crippen molar-refractivity contribution in [3.05, 3.63) is 29.3 Å². The molecule has 18 heavy (non-hydrogen) atoms. The molecule has 0 aliphatic heterocycles. The number of carbonyl (C=O) groups excluding carboxylic acids is 1. The first-order valence-corrected chi connectivity index (χ1v) is 5.41. The van der Waals surface area contributed by atoms with E-state index in [0.29, 0.717) is 16.9 Å². The summed E-state index contributed by atoms with van der Waals surface area (Å²) in [5.41, 5.74) is 5.90. The van der Waals surface area contributed by atoms with Crippen molar-refractivity contribution in [2.75, 3.05) is 7.11 Å². The van der Waals surface area contributed by atoms with Gasteiger partial charge >= 0.3 is 0 Å². The smallest absolute Gasteiger partial charge is 0.220 e. The molecule has 1 aromatic rings. The second kappa shape index (κ2) is 6.34. The number of primary amides is 1. The summed E-state index contributed by atoms with van der Waals surface area (Å²) in [6, 6.07) is 4.62. The fourth-order valence-electron chi connectivity index (χ4n) is 1.62. The Morgan fingerprint density at radius 2 is 2.11 bits per heavy atom. The van der Waals surface area contributed by atoms with E-state index in [-0.39, 0.29) is 13.0 Å². The third-order valence-corrected chi connectivity index (χ3v) is 2.60. The van der Waals surface area contributed by atoms with Gasteiger partial charge in [-0.1, -0.05) is 12.1 Å². The van der Waals surface area contributed by atoms with E-state index in [0.717, 1.165) is 0 Å². The number of methoxy groups -OCH3 is 1. The van der Waals surface area contributed by atoms with Crippen LogP contribution in [0.3, 0.4) is 0 Å². The summed E-state index contributed by atoms with van der Waals surface area (Å²) < 4.78 is 5.04. The Bertz CT molecular complexity index is 421. The van der Waals surface area contributed by atoms with Crippen molar-refractivity contribution in [3.8, 4) is 5.75 Å². The average molecular weight is 255 g/mol. The van der Waals surface area contributed by atoms with E-state index in [9.17, 15) is 15.0 Å². The molecular weight excluding hydrogens is 238 g/mol. The maximum Gasteiger partial charge on any atom is 0.220 e. The molecule has 100 valence electrons. The Kier molecular flexibility index (Phi) is 5.08. The fourth-order valence-corrected chi connectivity index (χ4v) is 1.62. The minimum absolute atomic E-state index is 0.191. The SMILES string of the molecule is COc1cc(C(O)C(O)CC(N)=O)ccc1CO. The third kappa shape index (κ3) is 3.43. The average Bonchev–Trinajstić information content (AvgIpc) is 2.36. The van der Waals surface area contributed by atoms with E-state index in [1.165, 1.54) is 13.2 Å². The second-order valence-corrected chi connectivity index (χ2v) is 3.91. The van der Waals surface area contributed by atoms with Crippen LogP contribution in [0.2, 0.25) is 0 Å². The van der Waals surface area contributed by atoms with Gasteiger partial charge in [0.25, 0.3) is 0 Å². The number of amides is 1. The topological polar surface area (TPSA) is 113 Å². The molecule has 0 aromatic heterocycles. The van der Waals surface area contributed by atoms with Crippen molar-refractivity contribution < 1.29 is 24.9 Å². The van der Waals surface area contributed by atoms with Gasteiger partial charge in [0.05, 0.1) is 26.2 Å². The number of hydrogen-bond donors (Lipinski definition) is 4. The van der Waals surface area contributed by atoms with Gasteiger partial charge < -0.3 is 25.8 Å². The quantitative estimate of drug-likeness (QED) is 0.545. The standard InChI is InChI=1S/C12H17NO5/c1-18-10-4-7(2-3-8(10)6-14)12(17)9(15)5-11(13)16/h2-4,9,12,14-15,17H,5-6H2,1H3,(H2,13,16). The van der Waals surface area contributed by atoms with Crippen LogP contribution in [0, 0.1) is 0 Å². The van der Waals surface area contributed by atoms with Gasteiger partial charge in [-0.3, -0.25) is 4.79 Å². The Balaban J connectivity index is 2.92.